The molecule has 21 N–H and O–H groups in total. The molecule has 20 nitrogen and oxygen atoms in total. The van der Waals surface area contributed by atoms with Crippen LogP contribution in [0.15, 0.2) is 30.3 Å². The van der Waals surface area contributed by atoms with E-state index < -0.39 is 0 Å². The molecule has 0 aromatic heterocycles. The first-order valence-electron chi connectivity index (χ1n) is 21.8. The molecule has 1 heterocycles. The number of nitrogens with zero attached hydrogens (tertiary/aromatic N) is 1. The summed E-state index contributed by atoms with van der Waals surface area (Å²) < 4.78 is 5.23. The Kier molecular flexibility index (Phi) is 449. The molecule has 0 bridgehead atoms. The number of aliphatic hydroxyl groups is 1. The number of aryl methyl sites for hydroxylation is 1. The first-order valence-corrected chi connectivity index (χ1v) is 21.8. The Hall–Kier alpha value is -4.35. The molecular weight excluding hydrogens is 903 g/mol. The van der Waals surface area contributed by atoms with E-state index in [-0.39, 0.29) is 45.1 Å². The second-order valence-electron chi connectivity index (χ2n) is 11.6. The lowest BCUT2D eigenvalue weighted by atomic mass is 10.1. The smallest absolute Gasteiger partial charge is 0.219 e. The molecule has 1 aromatic carbocycles. The van der Waals surface area contributed by atoms with Gasteiger partial charge in [-0.1, -0.05) is 119 Å². The number of ether oxygens (including phenoxy) is 1. The maximum Gasteiger partial charge on any atom is 0.219 e. The fourth-order valence-corrected chi connectivity index (χ4v) is 2.36. The SMILES string of the molecule is C=O.C=O.C=O.C=O.C=O.C=O.C=O.C=O.CC.CC.CC(=O)N1CCCCC1.CC(C)O.CCC(C)C.CCC(C)C.CCOC(C)(C)C.CCc1ccccc1.CN.CN.CN.CN.N.N.N.N.[HH].[HH]. The summed E-state index contributed by atoms with van der Waals surface area (Å²) in [6.45, 7) is 55.5. The first kappa shape index (κ1) is 144. The molecule has 1 aliphatic rings. The lowest BCUT2D eigenvalue weighted by Crippen LogP contribution is -2.33. The minimum absolute atomic E-state index is 0. The average molecular weight is 1040 g/mol. The maximum atomic E-state index is 10.7. The van der Waals surface area contributed by atoms with Crippen LogP contribution in [0.4, 0.5) is 0 Å². The Morgan fingerprint density at radius 1 is 0.557 bits per heavy atom. The molecule has 1 fully saturated rings. The van der Waals surface area contributed by atoms with Crippen molar-refractivity contribution in [1.29, 1.82) is 0 Å². The van der Waals surface area contributed by atoms with Crippen molar-refractivity contribution in [1.82, 2.24) is 29.5 Å². The van der Waals surface area contributed by atoms with Gasteiger partial charge in [0, 0.05) is 35.6 Å². The second-order valence-corrected chi connectivity index (χ2v) is 11.6. The van der Waals surface area contributed by atoms with Gasteiger partial charge in [-0.3, -0.25) is 4.79 Å². The molecule has 0 aliphatic carbocycles. The van der Waals surface area contributed by atoms with Gasteiger partial charge in [0.15, 0.2) is 0 Å². The fourth-order valence-electron chi connectivity index (χ4n) is 2.36. The third-order valence-electron chi connectivity index (χ3n) is 5.26. The number of piperidine rings is 1. The van der Waals surface area contributed by atoms with Crippen LogP contribution in [0.2, 0.25) is 0 Å². The zero-order valence-electron chi connectivity index (χ0n) is 50.3. The van der Waals surface area contributed by atoms with Crippen LogP contribution in [-0.2, 0) is 54.3 Å². The average Bonchev–Trinajstić information content (AvgIpc) is 3.40. The highest BCUT2D eigenvalue weighted by molar-refractivity contribution is 5.73. The Labute approximate surface area is 438 Å². The molecule has 0 radical (unpaired) electrons. The minimum Gasteiger partial charge on any atom is -0.394 e. The van der Waals surface area contributed by atoms with Gasteiger partial charge in [-0.25, -0.2) is 0 Å². The third-order valence-corrected chi connectivity index (χ3v) is 5.26. The number of likely N-dealkylation sites (tertiary alicyclic amines) is 1. The van der Waals surface area contributed by atoms with Crippen molar-refractivity contribution < 1.29 is 55.8 Å². The van der Waals surface area contributed by atoms with Crippen molar-refractivity contribution in [3.8, 4) is 0 Å². The Balaban J connectivity index is -0.0000000158. The van der Waals surface area contributed by atoms with Gasteiger partial charge in [-0.05, 0) is 113 Å². The molecule has 2 rings (SSSR count). The van der Waals surface area contributed by atoms with Gasteiger partial charge in [0.05, 0.1) is 5.60 Å². The van der Waals surface area contributed by atoms with Crippen LogP contribution >= 0.6 is 0 Å². The molecule has 1 amide bonds. The van der Waals surface area contributed by atoms with E-state index in [1.807, 2.05) is 99.9 Å². The van der Waals surface area contributed by atoms with Crippen molar-refractivity contribution in [3.05, 3.63) is 35.9 Å². The number of aliphatic hydroxyl groups excluding tert-OH is 1. The zero-order valence-corrected chi connectivity index (χ0v) is 50.3. The molecule has 1 saturated heterocycles. The van der Waals surface area contributed by atoms with E-state index in [1.165, 1.54) is 65.9 Å². The molecular formula is C50H133N9O11. The Bertz CT molecular complexity index is 724. The highest BCUT2D eigenvalue weighted by atomic mass is 16.5. The molecule has 70 heavy (non-hydrogen) atoms. The number of hydrogen-bond acceptors (Lipinski definition) is 19. The molecule has 1 aliphatic heterocycles. The second kappa shape index (κ2) is 218. The van der Waals surface area contributed by atoms with Crippen LogP contribution in [0.1, 0.15) is 165 Å². The van der Waals surface area contributed by atoms with E-state index in [2.05, 4.69) is 116 Å². The van der Waals surface area contributed by atoms with Crippen molar-refractivity contribution in [2.75, 3.05) is 47.9 Å². The lowest BCUT2D eigenvalue weighted by Gasteiger charge is -2.24. The number of benzene rings is 1. The number of carbonyl (C=O) groups excluding carboxylic acids is 9. The number of amides is 1. The Morgan fingerprint density at radius 3 is 0.843 bits per heavy atom. The van der Waals surface area contributed by atoms with Gasteiger partial charge in [0.1, 0.15) is 54.3 Å². The van der Waals surface area contributed by atoms with Gasteiger partial charge in [-0.15, -0.1) is 0 Å². The quantitative estimate of drug-likeness (QED) is 0.135. The Morgan fingerprint density at radius 2 is 0.757 bits per heavy atom. The largest absolute Gasteiger partial charge is 0.394 e. The summed E-state index contributed by atoms with van der Waals surface area (Å²) in [5.41, 5.74) is 19.5. The van der Waals surface area contributed by atoms with Gasteiger partial charge in [-0.2, -0.15) is 0 Å². The maximum absolute atomic E-state index is 10.7. The summed E-state index contributed by atoms with van der Waals surface area (Å²) in [7, 11) is 6.00. The van der Waals surface area contributed by atoms with Crippen molar-refractivity contribution in [2.45, 2.75) is 175 Å². The normalized spacial score (nSPS) is 7.66. The molecule has 1 aromatic rings. The number of hydrogen-bond donors (Lipinski definition) is 9. The minimum atomic E-state index is -0.167. The van der Waals surface area contributed by atoms with Gasteiger partial charge < -0.3 is 101 Å². The molecule has 0 unspecified atom stereocenters. The van der Waals surface area contributed by atoms with E-state index >= 15 is 0 Å². The summed E-state index contributed by atoms with van der Waals surface area (Å²) in [6.07, 6.45) is 7.27. The van der Waals surface area contributed by atoms with Crippen LogP contribution in [0, 0.1) is 11.8 Å². The predicted octanol–water partition coefficient (Wildman–Crippen LogP) is 9.59. The van der Waals surface area contributed by atoms with Crippen molar-refractivity contribution >= 4 is 60.2 Å². The van der Waals surface area contributed by atoms with Crippen molar-refractivity contribution in [3.63, 3.8) is 0 Å². The van der Waals surface area contributed by atoms with Gasteiger partial charge in [0.2, 0.25) is 5.91 Å². The van der Waals surface area contributed by atoms with E-state index in [1.54, 1.807) is 20.8 Å². The fraction of sp³-hybridized carbons (Fsp3) is 0.700. The molecule has 0 atom stereocenters. The number of carbonyl (C=O) groups is 9. The summed E-state index contributed by atoms with van der Waals surface area (Å²) in [6, 6.07) is 10.5. The standard InChI is InChI=1S/C8H10.C7H13NO.C6H14O.2C5H12.C3H8O.2C2H6.4CH5N.8CH2O.4H3N.2H2/c1-2-8-6-4-3-5-7-8;1-7(9)8-5-3-2-4-6-8;1-5-7-6(2,3)4;2*1-4-5(2)3;1-3(2)4;14*1-2;;;;;;/h3-7H,2H2,1H3;2-6H2,1H3;5H2,1-4H3;2*5H,4H2,1-3H3;3-4H,1-2H3;2*1-2H3;4*2H2,1H3;8*1H2;4*1H3;2*1H. The zero-order chi connectivity index (χ0) is 58.6. The van der Waals surface area contributed by atoms with E-state index in [0.717, 1.165) is 38.0 Å². The monoisotopic (exact) mass is 1040 g/mol. The number of nitrogens with two attached hydrogens (primary N) is 4. The summed E-state index contributed by atoms with van der Waals surface area (Å²) >= 11 is 0. The highest BCUT2D eigenvalue weighted by Crippen LogP contribution is 2.07. The topological polar surface area (TPSA) is 430 Å². The van der Waals surface area contributed by atoms with Crippen LogP contribution < -0.4 is 47.5 Å². The van der Waals surface area contributed by atoms with Crippen LogP contribution in [0.5, 0.6) is 0 Å². The van der Waals surface area contributed by atoms with E-state index in [9.17, 15) is 4.79 Å². The van der Waals surface area contributed by atoms with Gasteiger partial charge >= 0.3 is 0 Å². The predicted molar refractivity (Wildman–Crippen MR) is 315 cm³/mol. The molecule has 0 saturated carbocycles. The lowest BCUT2D eigenvalue weighted by molar-refractivity contribution is -0.129. The van der Waals surface area contributed by atoms with Gasteiger partial charge in [0.25, 0.3) is 0 Å². The first-order chi connectivity index (χ1) is 31.6. The van der Waals surface area contributed by atoms with Crippen molar-refractivity contribution in [2.24, 2.45) is 34.8 Å². The van der Waals surface area contributed by atoms with Crippen LogP contribution in [0.3, 0.4) is 0 Å². The van der Waals surface area contributed by atoms with Crippen LogP contribution in [-0.4, -0.2) is 130 Å². The molecule has 444 valence electrons. The van der Waals surface area contributed by atoms with E-state index in [4.69, 9.17) is 48.2 Å². The summed E-state index contributed by atoms with van der Waals surface area (Å²) in [5, 5.41) is 8.06. The third kappa shape index (κ3) is 380. The number of rotatable bonds is 4. The summed E-state index contributed by atoms with van der Waals surface area (Å²) in [5.74, 6) is 2.00. The molecule has 20 heteroatoms. The summed E-state index contributed by atoms with van der Waals surface area (Å²) in [4.78, 5) is 76.6. The highest BCUT2D eigenvalue weighted by Gasteiger charge is 2.11. The van der Waals surface area contributed by atoms with Crippen LogP contribution in [0.25, 0.3) is 0 Å². The molecule has 0 spiro atoms. The van der Waals surface area contributed by atoms with E-state index in [0.29, 0.717) is 0 Å².